The van der Waals surface area contributed by atoms with Crippen LogP contribution < -0.4 is 10.6 Å². The van der Waals surface area contributed by atoms with Crippen LogP contribution in [0.15, 0.2) is 47.5 Å². The molecule has 1 aromatic heterocycles. The van der Waals surface area contributed by atoms with E-state index >= 15 is 0 Å². The summed E-state index contributed by atoms with van der Waals surface area (Å²) in [5.74, 6) is -1.75. The van der Waals surface area contributed by atoms with Gasteiger partial charge in [-0.05, 0) is 140 Å². The number of aliphatic carboxylic acids is 1. The Labute approximate surface area is 362 Å². The van der Waals surface area contributed by atoms with E-state index in [0.717, 1.165) is 61.5 Å². The number of pyridine rings is 1. The highest BCUT2D eigenvalue weighted by atomic mass is 16.5. The summed E-state index contributed by atoms with van der Waals surface area (Å²) in [4.78, 5) is 72.4. The SMILES string of the molecule is CC(C)C1=C2[C@H]3CC[C@@H]4[C@@]5(C)CC[C@H](OC(=O)[C@H]6C[C@@H](C(=O)O)C6(C)C)C(C)(C)[C@@H]5CC[C@@]4(C)[C@]3(C)CC[C@@]2(NC(=O)C(C)(C)NC(=O)c2ccc3ccccc3n2)CC1=O. The number of carbonyl (C=O) groups is 5. The number of fused-ring (bicyclic) bond motifs is 8. The largest absolute Gasteiger partial charge is 0.481 e. The topological polar surface area (TPSA) is 152 Å². The number of hydrogen-bond donors (Lipinski definition) is 3. The number of aromatic nitrogens is 1. The number of ketones is 1. The first kappa shape index (κ1) is 43.6. The van der Waals surface area contributed by atoms with Crippen LogP contribution in [0.2, 0.25) is 0 Å². The zero-order valence-corrected chi connectivity index (χ0v) is 38.4. The molecule has 1 aromatic carbocycles. The van der Waals surface area contributed by atoms with Crippen molar-refractivity contribution < 1.29 is 33.8 Å². The average Bonchev–Trinajstić information content (AvgIpc) is 3.46. The Kier molecular flexibility index (Phi) is 10.2. The van der Waals surface area contributed by atoms with Crippen LogP contribution in [-0.2, 0) is 23.9 Å². The van der Waals surface area contributed by atoms with Gasteiger partial charge in [0, 0.05) is 17.2 Å². The molecule has 3 N–H and O–H groups in total. The van der Waals surface area contributed by atoms with E-state index in [-0.39, 0.29) is 69.4 Å². The number of Topliss-reactive ketones (excluding diaryl/α,β-unsaturated/α-hetero) is 1. The first-order chi connectivity index (χ1) is 28.3. The Balaban J connectivity index is 1.03. The van der Waals surface area contributed by atoms with Gasteiger partial charge in [0.2, 0.25) is 5.91 Å². The summed E-state index contributed by atoms with van der Waals surface area (Å²) in [6.07, 6.45) is 7.62. The van der Waals surface area contributed by atoms with Gasteiger partial charge in [-0.3, -0.25) is 24.0 Å². The van der Waals surface area contributed by atoms with E-state index in [1.165, 1.54) is 0 Å². The van der Waals surface area contributed by atoms with E-state index in [1.807, 2.05) is 44.2 Å². The van der Waals surface area contributed by atoms with Gasteiger partial charge in [-0.15, -0.1) is 0 Å². The molecule has 10 atom stereocenters. The minimum Gasteiger partial charge on any atom is -0.481 e. The van der Waals surface area contributed by atoms with Crippen LogP contribution in [0.3, 0.4) is 0 Å². The second kappa shape index (κ2) is 14.2. The zero-order valence-electron chi connectivity index (χ0n) is 38.4. The monoisotopic (exact) mass is 836 g/mol. The minimum atomic E-state index is -1.28. The standard InChI is InChI=1S/C51H69N3O7/c1-28(2)39-35(55)27-51(54-44(60)47(7,8)53-41(56)34-18-16-29-14-12-13-15-33(29)52-34)25-24-49(10)30(40(39)51)17-19-37-48(9)22-21-38(46(5,6)36(48)20-23-50(37,49)11)61-43(59)32-26-31(42(57)58)45(32,3)4/h12-16,18,28,30-32,36-38H,17,19-27H2,1-11H3,(H,53,56)(H,54,60)(H,57,58)/t30-,31+,32-,36+,37-,38+,48+,49-,50-,51-/m1/s1. The quantitative estimate of drug-likeness (QED) is 0.223. The molecule has 0 spiro atoms. The smallest absolute Gasteiger partial charge is 0.309 e. The van der Waals surface area contributed by atoms with Crippen LogP contribution in [0.4, 0.5) is 0 Å². The molecule has 0 bridgehead atoms. The third-order valence-corrected chi connectivity index (χ3v) is 18.7. The number of nitrogens with zero attached hydrogens (tertiary/aromatic N) is 1. The van der Waals surface area contributed by atoms with Gasteiger partial charge in [0.1, 0.15) is 17.3 Å². The Morgan fingerprint density at radius 1 is 0.820 bits per heavy atom. The summed E-state index contributed by atoms with van der Waals surface area (Å²) in [6.45, 7) is 23.5. The van der Waals surface area contributed by atoms with Crippen molar-refractivity contribution in [2.24, 2.45) is 62.6 Å². The number of nitrogens with one attached hydrogen (secondary N) is 2. The summed E-state index contributed by atoms with van der Waals surface area (Å²) in [5.41, 5.74) is -0.139. The number of rotatable bonds is 8. The Bertz CT molecular complexity index is 2240. The Morgan fingerprint density at radius 3 is 2.20 bits per heavy atom. The molecule has 6 aliphatic rings. The third kappa shape index (κ3) is 6.36. The number of carboxylic acid groups (broad SMARTS) is 1. The molecule has 330 valence electrons. The number of carboxylic acids is 1. The summed E-state index contributed by atoms with van der Waals surface area (Å²) >= 11 is 0. The maximum Gasteiger partial charge on any atom is 0.309 e. The molecule has 5 saturated carbocycles. The van der Waals surface area contributed by atoms with Gasteiger partial charge in [0.15, 0.2) is 5.78 Å². The molecule has 10 heteroatoms. The molecule has 0 unspecified atom stereocenters. The highest BCUT2D eigenvalue weighted by Gasteiger charge is 2.71. The predicted octanol–water partition coefficient (Wildman–Crippen LogP) is 9.25. The Hall–Kier alpha value is -4.08. The van der Waals surface area contributed by atoms with Crippen molar-refractivity contribution in [1.29, 1.82) is 0 Å². The molecule has 6 aliphatic carbocycles. The molecule has 0 radical (unpaired) electrons. The van der Waals surface area contributed by atoms with Gasteiger partial charge in [-0.25, -0.2) is 4.98 Å². The highest BCUT2D eigenvalue weighted by Crippen LogP contribution is 2.76. The summed E-state index contributed by atoms with van der Waals surface area (Å²) in [6, 6.07) is 11.2. The van der Waals surface area contributed by atoms with E-state index in [4.69, 9.17) is 4.74 Å². The molecular formula is C51H69N3O7. The van der Waals surface area contributed by atoms with Gasteiger partial charge in [0.25, 0.3) is 5.91 Å². The normalized spacial score (nSPS) is 37.4. The number of ether oxygens (including phenoxy) is 1. The van der Waals surface area contributed by atoms with Crippen LogP contribution in [0, 0.1) is 62.6 Å². The number of amides is 2. The summed E-state index contributed by atoms with van der Waals surface area (Å²) < 4.78 is 6.42. The lowest BCUT2D eigenvalue weighted by Gasteiger charge is -2.72. The van der Waals surface area contributed by atoms with Crippen LogP contribution >= 0.6 is 0 Å². The molecule has 0 aliphatic heterocycles. The van der Waals surface area contributed by atoms with Crippen LogP contribution in [0.1, 0.15) is 151 Å². The van der Waals surface area contributed by atoms with E-state index in [0.29, 0.717) is 30.2 Å². The molecule has 2 amide bonds. The molecule has 1 heterocycles. The third-order valence-electron chi connectivity index (χ3n) is 18.7. The van der Waals surface area contributed by atoms with Gasteiger partial charge >= 0.3 is 11.9 Å². The lowest BCUT2D eigenvalue weighted by Crippen LogP contribution is -2.68. The number of carbonyl (C=O) groups excluding carboxylic acids is 4. The number of allylic oxidation sites excluding steroid dienone is 1. The predicted molar refractivity (Wildman–Crippen MR) is 234 cm³/mol. The van der Waals surface area contributed by atoms with E-state index in [9.17, 15) is 29.1 Å². The molecule has 10 nitrogen and oxygen atoms in total. The second-order valence-corrected chi connectivity index (χ2v) is 23.0. The molecule has 8 rings (SSSR count). The fourth-order valence-electron chi connectivity index (χ4n) is 14.9. The van der Waals surface area contributed by atoms with Crippen molar-refractivity contribution in [2.45, 2.75) is 158 Å². The Morgan fingerprint density at radius 2 is 1.52 bits per heavy atom. The molecule has 2 aromatic rings. The lowest BCUT2D eigenvalue weighted by atomic mass is 9.33. The summed E-state index contributed by atoms with van der Waals surface area (Å²) in [5, 5.41) is 17.0. The number of hydrogen-bond acceptors (Lipinski definition) is 7. The fourth-order valence-corrected chi connectivity index (χ4v) is 14.9. The van der Waals surface area contributed by atoms with Gasteiger partial charge < -0.3 is 20.5 Å². The molecular weight excluding hydrogens is 767 g/mol. The molecule has 61 heavy (non-hydrogen) atoms. The van der Waals surface area contributed by atoms with Crippen LogP contribution in [0.25, 0.3) is 10.9 Å². The summed E-state index contributed by atoms with van der Waals surface area (Å²) in [7, 11) is 0. The fraction of sp³-hybridized carbons (Fsp3) is 0.686. The minimum absolute atomic E-state index is 0.00779. The van der Waals surface area contributed by atoms with E-state index in [1.54, 1.807) is 19.9 Å². The first-order valence-corrected chi connectivity index (χ1v) is 23.1. The first-order valence-electron chi connectivity index (χ1n) is 23.1. The van der Waals surface area contributed by atoms with Crippen molar-refractivity contribution in [3.05, 3.63) is 53.2 Å². The lowest BCUT2D eigenvalue weighted by molar-refractivity contribution is -0.235. The zero-order chi connectivity index (χ0) is 44.5. The van der Waals surface area contributed by atoms with E-state index < -0.39 is 40.2 Å². The second-order valence-electron chi connectivity index (χ2n) is 23.0. The van der Waals surface area contributed by atoms with Crippen molar-refractivity contribution in [3.63, 3.8) is 0 Å². The van der Waals surface area contributed by atoms with Crippen LogP contribution in [-0.4, -0.2) is 56.8 Å². The molecule has 5 fully saturated rings. The molecule has 0 saturated heterocycles. The average molecular weight is 836 g/mol. The number of para-hydroxylation sites is 1. The van der Waals surface area contributed by atoms with Crippen molar-refractivity contribution >= 4 is 40.4 Å². The number of esters is 1. The van der Waals surface area contributed by atoms with Gasteiger partial charge in [-0.1, -0.05) is 86.6 Å². The maximum atomic E-state index is 14.5. The van der Waals surface area contributed by atoms with Gasteiger partial charge in [0.05, 0.1) is 22.9 Å². The number of benzene rings is 1. The van der Waals surface area contributed by atoms with Crippen LogP contribution in [0.5, 0.6) is 0 Å². The van der Waals surface area contributed by atoms with E-state index in [2.05, 4.69) is 64.1 Å². The maximum absolute atomic E-state index is 14.5. The van der Waals surface area contributed by atoms with Crippen molar-refractivity contribution in [1.82, 2.24) is 15.6 Å². The van der Waals surface area contributed by atoms with Crippen molar-refractivity contribution in [3.8, 4) is 0 Å². The van der Waals surface area contributed by atoms with Crippen molar-refractivity contribution in [2.75, 3.05) is 0 Å². The van der Waals surface area contributed by atoms with Gasteiger partial charge in [-0.2, -0.15) is 0 Å². The highest BCUT2D eigenvalue weighted by molar-refractivity contribution is 6.03.